The van der Waals surface area contributed by atoms with Crippen molar-refractivity contribution in [2.24, 2.45) is 11.8 Å². The molecule has 0 spiro atoms. The van der Waals surface area contributed by atoms with Crippen molar-refractivity contribution in [3.05, 3.63) is 28.3 Å². The Hall–Kier alpha value is -1.63. The molecule has 6 nitrogen and oxygen atoms in total. The summed E-state index contributed by atoms with van der Waals surface area (Å²) in [6, 6.07) is 4.22. The third kappa shape index (κ3) is 3.58. The van der Waals surface area contributed by atoms with Crippen LogP contribution in [0.3, 0.4) is 0 Å². The summed E-state index contributed by atoms with van der Waals surface area (Å²) in [5.41, 5.74) is 0.205. The lowest BCUT2D eigenvalue weighted by molar-refractivity contribution is -0.384. The summed E-state index contributed by atoms with van der Waals surface area (Å²) in [5.74, 6) is 0.989. The minimum absolute atomic E-state index is 0.0326. The monoisotopic (exact) mass is 326 g/mol. The van der Waals surface area contributed by atoms with Crippen LogP contribution in [0.2, 0.25) is 0 Å². The van der Waals surface area contributed by atoms with Crippen LogP contribution in [0.5, 0.6) is 0 Å². The molecule has 22 heavy (non-hydrogen) atoms. The first kappa shape index (κ1) is 16.7. The summed E-state index contributed by atoms with van der Waals surface area (Å²) in [6.07, 6.45) is 4.29. The van der Waals surface area contributed by atoms with E-state index in [1.165, 1.54) is 18.6 Å². The Kier molecular flexibility index (Phi) is 4.75. The maximum Gasteiger partial charge on any atom is 0.293 e. The molecule has 0 heterocycles. The number of hydrogen-bond acceptors (Lipinski definition) is 5. The first-order chi connectivity index (χ1) is 10.2. The van der Waals surface area contributed by atoms with Gasteiger partial charge in [-0.3, -0.25) is 10.1 Å². The van der Waals surface area contributed by atoms with Crippen LogP contribution < -0.4 is 5.32 Å². The molecule has 1 aliphatic carbocycles. The van der Waals surface area contributed by atoms with E-state index in [9.17, 15) is 18.5 Å². The lowest BCUT2D eigenvalue weighted by Crippen LogP contribution is -2.35. The van der Waals surface area contributed by atoms with Gasteiger partial charge in [0.25, 0.3) is 5.69 Å². The zero-order chi connectivity index (χ0) is 16.5. The smallest absolute Gasteiger partial charge is 0.293 e. The van der Waals surface area contributed by atoms with E-state index in [4.69, 9.17) is 0 Å². The van der Waals surface area contributed by atoms with Crippen LogP contribution in [-0.4, -0.2) is 25.6 Å². The molecule has 1 aliphatic rings. The van der Waals surface area contributed by atoms with Crippen molar-refractivity contribution in [1.82, 2.24) is 0 Å². The zero-order valence-electron chi connectivity index (χ0n) is 13.1. The minimum Gasteiger partial charge on any atom is -0.376 e. The van der Waals surface area contributed by atoms with Crippen molar-refractivity contribution >= 4 is 21.2 Å². The molecule has 1 aromatic carbocycles. The first-order valence-electron chi connectivity index (χ1n) is 7.45. The Balaban J connectivity index is 2.33. The lowest BCUT2D eigenvalue weighted by Gasteiger charge is -2.35. The van der Waals surface area contributed by atoms with Gasteiger partial charge in [0.05, 0.1) is 9.82 Å². The molecule has 7 heteroatoms. The maximum atomic E-state index is 11.6. The van der Waals surface area contributed by atoms with Crippen molar-refractivity contribution in [1.29, 1.82) is 0 Å². The predicted molar refractivity (Wildman–Crippen MR) is 85.8 cm³/mol. The average Bonchev–Trinajstić information content (AvgIpc) is 2.43. The highest BCUT2D eigenvalue weighted by Gasteiger charge is 2.29. The molecule has 1 fully saturated rings. The molecule has 0 saturated heterocycles. The molecule has 0 bridgehead atoms. The standard InChI is InChI=1S/C15H22N2O4S/c1-10-5-4-6-13(11(10)2)16-14-8-7-12(22(3,20)21)9-15(14)17(18)19/h7-11,13,16H,4-6H2,1-3H3/t10-,11+,13-/m1/s1. The van der Waals surface area contributed by atoms with E-state index in [1.54, 1.807) is 0 Å². The van der Waals surface area contributed by atoms with Crippen LogP contribution in [0.25, 0.3) is 0 Å². The molecule has 0 aliphatic heterocycles. The van der Waals surface area contributed by atoms with Crippen LogP contribution in [-0.2, 0) is 9.84 Å². The number of nitrogens with one attached hydrogen (secondary N) is 1. The summed E-state index contributed by atoms with van der Waals surface area (Å²) in [6.45, 7) is 4.35. The highest BCUT2D eigenvalue weighted by molar-refractivity contribution is 7.90. The molecule has 122 valence electrons. The Morgan fingerprint density at radius 1 is 1.27 bits per heavy atom. The van der Waals surface area contributed by atoms with Crippen molar-refractivity contribution in [2.75, 3.05) is 11.6 Å². The number of anilines is 1. The van der Waals surface area contributed by atoms with Crippen LogP contribution in [0.15, 0.2) is 23.1 Å². The Labute approximate surface area is 131 Å². The largest absolute Gasteiger partial charge is 0.376 e. The maximum absolute atomic E-state index is 11.6. The van der Waals surface area contributed by atoms with E-state index in [0.29, 0.717) is 17.5 Å². The first-order valence-corrected chi connectivity index (χ1v) is 9.34. The highest BCUT2D eigenvalue weighted by atomic mass is 32.2. The van der Waals surface area contributed by atoms with Gasteiger partial charge in [-0.2, -0.15) is 0 Å². The van der Waals surface area contributed by atoms with Crippen LogP contribution in [0.1, 0.15) is 33.1 Å². The lowest BCUT2D eigenvalue weighted by atomic mass is 9.78. The number of nitro groups is 1. The predicted octanol–water partition coefficient (Wildman–Crippen LogP) is 3.23. The number of benzene rings is 1. The van der Waals surface area contributed by atoms with Gasteiger partial charge < -0.3 is 5.32 Å². The van der Waals surface area contributed by atoms with E-state index >= 15 is 0 Å². The van der Waals surface area contributed by atoms with Crippen LogP contribution in [0.4, 0.5) is 11.4 Å². The molecule has 1 aromatic rings. The van der Waals surface area contributed by atoms with Crippen molar-refractivity contribution in [3.63, 3.8) is 0 Å². The molecule has 0 amide bonds. The normalized spacial score (nSPS) is 25.7. The minimum atomic E-state index is -3.46. The molecular formula is C15H22N2O4S. The van der Waals surface area contributed by atoms with Crippen molar-refractivity contribution in [3.8, 4) is 0 Å². The summed E-state index contributed by atoms with van der Waals surface area (Å²) < 4.78 is 23.1. The second-order valence-electron chi connectivity index (χ2n) is 6.23. The fraction of sp³-hybridized carbons (Fsp3) is 0.600. The fourth-order valence-electron chi connectivity index (χ4n) is 3.00. The van der Waals surface area contributed by atoms with Crippen LogP contribution in [0, 0.1) is 22.0 Å². The third-order valence-electron chi connectivity index (χ3n) is 4.64. The van der Waals surface area contributed by atoms with Gasteiger partial charge in [0, 0.05) is 18.4 Å². The highest BCUT2D eigenvalue weighted by Crippen LogP contribution is 2.34. The molecule has 0 unspecified atom stereocenters. The van der Waals surface area contributed by atoms with Gasteiger partial charge in [0.15, 0.2) is 9.84 Å². The number of nitro benzene ring substituents is 1. The summed E-state index contributed by atoms with van der Waals surface area (Å²) in [4.78, 5) is 10.7. The Bertz CT molecular complexity index is 672. The quantitative estimate of drug-likeness (QED) is 0.677. The molecule has 2 rings (SSSR count). The fourth-order valence-corrected chi connectivity index (χ4v) is 3.64. The van der Waals surface area contributed by atoms with Gasteiger partial charge in [-0.25, -0.2) is 8.42 Å². The van der Waals surface area contributed by atoms with Gasteiger partial charge in [-0.05, 0) is 30.4 Å². The topological polar surface area (TPSA) is 89.3 Å². The van der Waals surface area contributed by atoms with Crippen molar-refractivity contribution in [2.45, 2.75) is 44.0 Å². The summed E-state index contributed by atoms with van der Waals surface area (Å²) in [7, 11) is -3.46. The number of rotatable bonds is 4. The van der Waals surface area contributed by atoms with Crippen LogP contribution >= 0.6 is 0 Å². The van der Waals surface area contributed by atoms with Gasteiger partial charge >= 0.3 is 0 Å². The number of nitrogens with zero attached hydrogens (tertiary/aromatic N) is 1. The van der Waals surface area contributed by atoms with Crippen molar-refractivity contribution < 1.29 is 13.3 Å². The summed E-state index contributed by atoms with van der Waals surface area (Å²) >= 11 is 0. The van der Waals surface area contributed by atoms with E-state index in [1.807, 2.05) is 0 Å². The molecular weight excluding hydrogens is 304 g/mol. The van der Waals surface area contributed by atoms with E-state index in [-0.39, 0.29) is 16.6 Å². The van der Waals surface area contributed by atoms with E-state index in [0.717, 1.165) is 25.2 Å². The Morgan fingerprint density at radius 2 is 1.95 bits per heavy atom. The molecule has 3 atom stereocenters. The molecule has 0 aromatic heterocycles. The van der Waals surface area contributed by atoms with Gasteiger partial charge in [0.2, 0.25) is 0 Å². The molecule has 1 N–H and O–H groups in total. The van der Waals surface area contributed by atoms with Gasteiger partial charge in [-0.15, -0.1) is 0 Å². The second-order valence-corrected chi connectivity index (χ2v) is 8.24. The third-order valence-corrected chi connectivity index (χ3v) is 5.75. The SMILES string of the molecule is C[C@H]1[C@H](C)CCC[C@H]1Nc1ccc(S(C)(=O)=O)cc1[N+](=O)[O-]. The molecule has 1 saturated carbocycles. The van der Waals surface area contributed by atoms with Gasteiger partial charge in [0.1, 0.15) is 5.69 Å². The number of sulfone groups is 1. The van der Waals surface area contributed by atoms with E-state index in [2.05, 4.69) is 19.2 Å². The number of hydrogen-bond donors (Lipinski definition) is 1. The second kappa shape index (κ2) is 6.24. The molecule has 0 radical (unpaired) electrons. The zero-order valence-corrected chi connectivity index (χ0v) is 13.9. The average molecular weight is 326 g/mol. The van der Waals surface area contributed by atoms with Gasteiger partial charge in [-0.1, -0.05) is 26.7 Å². The van der Waals surface area contributed by atoms with E-state index < -0.39 is 14.8 Å². The Morgan fingerprint density at radius 3 is 2.55 bits per heavy atom. The summed E-state index contributed by atoms with van der Waals surface area (Å²) in [5, 5.41) is 14.5.